The van der Waals surface area contributed by atoms with Crippen LogP contribution in [0.5, 0.6) is 0 Å². The zero-order valence-corrected chi connectivity index (χ0v) is 14.1. The number of thiazole rings is 1. The highest BCUT2D eigenvalue weighted by molar-refractivity contribution is 7.15. The second-order valence-electron chi connectivity index (χ2n) is 5.65. The molecule has 0 unspecified atom stereocenters. The summed E-state index contributed by atoms with van der Waals surface area (Å²) < 4.78 is 26.3. The summed E-state index contributed by atoms with van der Waals surface area (Å²) in [5, 5.41) is 3.18. The van der Waals surface area contributed by atoms with Crippen molar-refractivity contribution in [1.82, 2.24) is 15.0 Å². The molecule has 2 aromatic heterocycles. The van der Waals surface area contributed by atoms with Gasteiger partial charge in [0, 0.05) is 23.1 Å². The van der Waals surface area contributed by atoms with Crippen molar-refractivity contribution < 1.29 is 13.6 Å². The molecular formula is C18H12F2N4OS. The molecule has 0 aliphatic heterocycles. The lowest BCUT2D eigenvalue weighted by Gasteiger charge is -2.02. The van der Waals surface area contributed by atoms with Crippen LogP contribution in [0, 0.1) is 11.6 Å². The molecule has 26 heavy (non-hydrogen) atoms. The van der Waals surface area contributed by atoms with Gasteiger partial charge in [0.2, 0.25) is 0 Å². The zero-order chi connectivity index (χ0) is 18.1. The number of benzene rings is 2. The number of aromatic amines is 1. The van der Waals surface area contributed by atoms with Crippen LogP contribution in [0.25, 0.3) is 11.0 Å². The highest BCUT2D eigenvalue weighted by atomic mass is 32.1. The van der Waals surface area contributed by atoms with Crippen molar-refractivity contribution in [2.75, 3.05) is 5.32 Å². The lowest BCUT2D eigenvalue weighted by atomic mass is 10.1. The van der Waals surface area contributed by atoms with Gasteiger partial charge in [-0.3, -0.25) is 10.1 Å². The molecule has 0 radical (unpaired) electrons. The first kappa shape index (κ1) is 16.3. The van der Waals surface area contributed by atoms with E-state index >= 15 is 0 Å². The van der Waals surface area contributed by atoms with Gasteiger partial charge in [0.05, 0.1) is 17.4 Å². The Balaban J connectivity index is 1.47. The lowest BCUT2D eigenvalue weighted by Crippen LogP contribution is -2.11. The van der Waals surface area contributed by atoms with Crippen molar-refractivity contribution in [3.63, 3.8) is 0 Å². The zero-order valence-electron chi connectivity index (χ0n) is 13.3. The second kappa shape index (κ2) is 6.64. The van der Waals surface area contributed by atoms with Crippen LogP contribution in [0.4, 0.5) is 13.9 Å². The highest BCUT2D eigenvalue weighted by Gasteiger charge is 2.11. The molecular weight excluding hydrogens is 358 g/mol. The Kier molecular flexibility index (Phi) is 4.18. The average Bonchev–Trinajstić information content (AvgIpc) is 3.26. The number of carbonyl (C=O) groups is 1. The summed E-state index contributed by atoms with van der Waals surface area (Å²) in [7, 11) is 0. The normalized spacial score (nSPS) is 11.0. The van der Waals surface area contributed by atoms with E-state index < -0.39 is 11.6 Å². The molecule has 0 spiro atoms. The predicted molar refractivity (Wildman–Crippen MR) is 95.3 cm³/mol. The number of aromatic nitrogens is 3. The fraction of sp³-hybridized carbons (Fsp3) is 0.0556. The van der Waals surface area contributed by atoms with Gasteiger partial charge in [0.15, 0.2) is 16.8 Å². The molecule has 8 heteroatoms. The Morgan fingerprint density at radius 1 is 1.12 bits per heavy atom. The fourth-order valence-corrected chi connectivity index (χ4v) is 3.39. The van der Waals surface area contributed by atoms with Gasteiger partial charge in [-0.15, -0.1) is 11.3 Å². The number of fused-ring (bicyclic) bond motifs is 1. The van der Waals surface area contributed by atoms with Crippen LogP contribution >= 0.6 is 11.3 Å². The monoisotopic (exact) mass is 370 g/mol. The van der Waals surface area contributed by atoms with Crippen molar-refractivity contribution in [3.8, 4) is 0 Å². The lowest BCUT2D eigenvalue weighted by molar-refractivity contribution is 0.102. The van der Waals surface area contributed by atoms with Gasteiger partial charge in [-0.1, -0.05) is 6.07 Å². The molecule has 5 nitrogen and oxygen atoms in total. The Labute approximate surface area is 150 Å². The van der Waals surface area contributed by atoms with Gasteiger partial charge >= 0.3 is 0 Å². The first-order chi connectivity index (χ1) is 12.6. The minimum Gasteiger partial charge on any atom is -0.345 e. The van der Waals surface area contributed by atoms with E-state index in [4.69, 9.17) is 0 Å². The van der Waals surface area contributed by atoms with Gasteiger partial charge < -0.3 is 4.98 Å². The number of hydrogen-bond acceptors (Lipinski definition) is 4. The molecule has 0 saturated carbocycles. The molecule has 0 atom stereocenters. The molecule has 1 amide bonds. The van der Waals surface area contributed by atoms with Crippen molar-refractivity contribution in [1.29, 1.82) is 0 Å². The maximum Gasteiger partial charge on any atom is 0.257 e. The van der Waals surface area contributed by atoms with Gasteiger partial charge in [-0.05, 0) is 35.9 Å². The Morgan fingerprint density at radius 3 is 2.85 bits per heavy atom. The third kappa shape index (κ3) is 3.31. The van der Waals surface area contributed by atoms with E-state index in [-0.39, 0.29) is 5.91 Å². The summed E-state index contributed by atoms with van der Waals surface area (Å²) in [6.45, 7) is 0. The van der Waals surface area contributed by atoms with Crippen LogP contribution in [0.1, 0.15) is 20.8 Å². The van der Waals surface area contributed by atoms with Crippen molar-refractivity contribution >= 4 is 33.4 Å². The summed E-state index contributed by atoms with van der Waals surface area (Å²) in [6, 6.07) is 8.95. The van der Waals surface area contributed by atoms with E-state index in [1.54, 1.807) is 30.7 Å². The molecule has 0 aliphatic carbocycles. The molecule has 4 rings (SSSR count). The highest BCUT2D eigenvalue weighted by Crippen LogP contribution is 2.23. The van der Waals surface area contributed by atoms with E-state index in [9.17, 15) is 13.6 Å². The van der Waals surface area contributed by atoms with E-state index in [1.807, 2.05) is 0 Å². The number of rotatable bonds is 4. The number of nitrogens with one attached hydrogen (secondary N) is 2. The molecule has 2 N–H and O–H groups in total. The van der Waals surface area contributed by atoms with E-state index in [1.165, 1.54) is 17.4 Å². The Bertz CT molecular complexity index is 1110. The largest absolute Gasteiger partial charge is 0.345 e. The second-order valence-corrected chi connectivity index (χ2v) is 6.76. The Hall–Kier alpha value is -3.13. The predicted octanol–water partition coefficient (Wildman–Crippen LogP) is 4.14. The summed E-state index contributed by atoms with van der Waals surface area (Å²) in [5.74, 6) is -2.04. The van der Waals surface area contributed by atoms with Gasteiger partial charge in [-0.2, -0.15) is 0 Å². The first-order valence-corrected chi connectivity index (χ1v) is 8.53. The van der Waals surface area contributed by atoms with Crippen LogP contribution in [0.15, 0.2) is 48.9 Å². The molecule has 0 fully saturated rings. The van der Waals surface area contributed by atoms with Crippen molar-refractivity contribution in [2.45, 2.75) is 6.42 Å². The van der Waals surface area contributed by atoms with E-state index in [0.29, 0.717) is 22.7 Å². The standard InChI is InChI=1S/C18H12F2N4OS/c19-13-3-1-10(6-14(13)20)5-12-8-21-18(26-12)24-17(25)11-2-4-15-16(7-11)23-9-22-15/h1-4,6-9H,5H2,(H,22,23)(H,21,24,25). The third-order valence-corrected chi connectivity index (χ3v) is 4.73. The number of imidazole rings is 1. The van der Waals surface area contributed by atoms with Gasteiger partial charge in [0.25, 0.3) is 5.91 Å². The number of hydrogen-bond donors (Lipinski definition) is 2. The number of amides is 1. The van der Waals surface area contributed by atoms with E-state index in [0.717, 1.165) is 28.0 Å². The maximum atomic E-state index is 13.3. The van der Waals surface area contributed by atoms with Crippen LogP contribution in [-0.4, -0.2) is 20.9 Å². The molecule has 0 saturated heterocycles. The van der Waals surface area contributed by atoms with Crippen molar-refractivity contribution in [2.24, 2.45) is 0 Å². The van der Waals surface area contributed by atoms with Crippen LogP contribution in [0.2, 0.25) is 0 Å². The molecule has 0 aliphatic rings. The number of nitrogens with zero attached hydrogens (tertiary/aromatic N) is 2. The van der Waals surface area contributed by atoms with Crippen LogP contribution in [-0.2, 0) is 6.42 Å². The van der Waals surface area contributed by atoms with Crippen LogP contribution < -0.4 is 5.32 Å². The molecule has 130 valence electrons. The Morgan fingerprint density at radius 2 is 2.00 bits per heavy atom. The summed E-state index contributed by atoms with van der Waals surface area (Å²) in [4.78, 5) is 24.4. The number of H-pyrrole nitrogens is 1. The number of halogens is 2. The summed E-state index contributed by atoms with van der Waals surface area (Å²) >= 11 is 1.29. The molecule has 2 aromatic carbocycles. The summed E-state index contributed by atoms with van der Waals surface area (Å²) in [5.41, 5.74) is 2.68. The molecule has 0 bridgehead atoms. The average molecular weight is 370 g/mol. The fourth-order valence-electron chi connectivity index (χ4n) is 2.54. The minimum atomic E-state index is -0.880. The minimum absolute atomic E-state index is 0.282. The number of anilines is 1. The maximum absolute atomic E-state index is 13.3. The van der Waals surface area contributed by atoms with E-state index in [2.05, 4.69) is 20.3 Å². The topological polar surface area (TPSA) is 70.7 Å². The van der Waals surface area contributed by atoms with Gasteiger partial charge in [-0.25, -0.2) is 18.7 Å². The van der Waals surface area contributed by atoms with Gasteiger partial charge in [0.1, 0.15) is 0 Å². The van der Waals surface area contributed by atoms with Crippen LogP contribution in [0.3, 0.4) is 0 Å². The molecule has 2 heterocycles. The number of carbonyl (C=O) groups excluding carboxylic acids is 1. The smallest absolute Gasteiger partial charge is 0.257 e. The SMILES string of the molecule is O=C(Nc1ncc(Cc2ccc(F)c(F)c2)s1)c1ccc2nc[nH]c2c1. The quantitative estimate of drug-likeness (QED) is 0.567. The third-order valence-electron chi connectivity index (χ3n) is 3.82. The summed E-state index contributed by atoms with van der Waals surface area (Å²) in [6.07, 6.45) is 3.59. The molecule has 4 aromatic rings. The first-order valence-electron chi connectivity index (χ1n) is 7.71. The van der Waals surface area contributed by atoms with Crippen molar-refractivity contribution in [3.05, 3.63) is 76.6 Å².